The molecular formula is C25H32N8. The molecule has 0 unspecified atom stereocenters. The molecule has 4 aromatic rings. The second-order valence-corrected chi connectivity index (χ2v) is 8.36. The first kappa shape index (κ1) is 22.8. The SMILES string of the molecule is CCCCCc1nc(Cc2ccc(-c3ccncc3-c3nn[nH]n3)cc2)n(CCCCC)n1. The number of rotatable bonds is 12. The van der Waals surface area contributed by atoms with Crippen molar-refractivity contribution in [3.05, 3.63) is 59.9 Å². The minimum Gasteiger partial charge on any atom is -0.264 e. The number of hydrogen-bond acceptors (Lipinski definition) is 6. The Labute approximate surface area is 194 Å². The van der Waals surface area contributed by atoms with Gasteiger partial charge in [-0.1, -0.05) is 63.8 Å². The molecule has 0 radical (unpaired) electrons. The highest BCUT2D eigenvalue weighted by Gasteiger charge is 2.13. The molecule has 0 bridgehead atoms. The fourth-order valence-corrected chi connectivity index (χ4v) is 3.97. The maximum atomic E-state index is 4.90. The van der Waals surface area contributed by atoms with Crippen molar-refractivity contribution in [3.8, 4) is 22.5 Å². The van der Waals surface area contributed by atoms with Crippen LogP contribution in [0, 0.1) is 0 Å². The summed E-state index contributed by atoms with van der Waals surface area (Å²) in [4.78, 5) is 9.13. The van der Waals surface area contributed by atoms with Crippen molar-refractivity contribution in [2.45, 2.75) is 71.8 Å². The van der Waals surface area contributed by atoms with Gasteiger partial charge in [0.25, 0.3) is 0 Å². The summed E-state index contributed by atoms with van der Waals surface area (Å²) in [6, 6.07) is 10.6. The van der Waals surface area contributed by atoms with Crippen molar-refractivity contribution in [1.82, 2.24) is 40.4 Å². The van der Waals surface area contributed by atoms with Crippen LogP contribution in [0.15, 0.2) is 42.7 Å². The fraction of sp³-hybridized carbons (Fsp3) is 0.440. The molecule has 1 aromatic carbocycles. The summed E-state index contributed by atoms with van der Waals surface area (Å²) in [6.45, 7) is 5.39. The third-order valence-corrected chi connectivity index (χ3v) is 5.80. The van der Waals surface area contributed by atoms with Crippen LogP contribution in [0.5, 0.6) is 0 Å². The van der Waals surface area contributed by atoms with Crippen LogP contribution in [0.3, 0.4) is 0 Å². The van der Waals surface area contributed by atoms with E-state index in [1.54, 1.807) is 12.4 Å². The van der Waals surface area contributed by atoms with Gasteiger partial charge in [-0.3, -0.25) is 4.98 Å². The molecule has 0 atom stereocenters. The Balaban J connectivity index is 1.52. The number of nitrogens with one attached hydrogen (secondary N) is 1. The Morgan fingerprint density at radius 2 is 1.73 bits per heavy atom. The van der Waals surface area contributed by atoms with Gasteiger partial charge in [0.2, 0.25) is 5.82 Å². The van der Waals surface area contributed by atoms with E-state index in [0.29, 0.717) is 5.82 Å². The molecule has 4 rings (SSSR count). The maximum Gasteiger partial charge on any atom is 0.206 e. The molecule has 8 heteroatoms. The van der Waals surface area contributed by atoms with Gasteiger partial charge in [0.05, 0.1) is 0 Å². The first-order valence-electron chi connectivity index (χ1n) is 12.0. The summed E-state index contributed by atoms with van der Waals surface area (Å²) in [5.74, 6) is 2.58. The van der Waals surface area contributed by atoms with Crippen molar-refractivity contribution in [2.75, 3.05) is 0 Å². The molecule has 0 saturated carbocycles. The summed E-state index contributed by atoms with van der Waals surface area (Å²) < 4.78 is 2.13. The van der Waals surface area contributed by atoms with Gasteiger partial charge < -0.3 is 0 Å². The van der Waals surface area contributed by atoms with E-state index < -0.39 is 0 Å². The van der Waals surface area contributed by atoms with Gasteiger partial charge >= 0.3 is 0 Å². The van der Waals surface area contributed by atoms with Gasteiger partial charge in [-0.2, -0.15) is 10.3 Å². The number of nitrogens with zero attached hydrogens (tertiary/aromatic N) is 7. The minimum absolute atomic E-state index is 0.540. The molecular weight excluding hydrogens is 412 g/mol. The average molecular weight is 445 g/mol. The normalized spacial score (nSPS) is 11.2. The number of unbranched alkanes of at least 4 members (excludes halogenated alkanes) is 4. The summed E-state index contributed by atoms with van der Waals surface area (Å²) in [7, 11) is 0. The van der Waals surface area contributed by atoms with Crippen molar-refractivity contribution in [3.63, 3.8) is 0 Å². The van der Waals surface area contributed by atoms with Crippen LogP contribution in [0.25, 0.3) is 22.5 Å². The van der Waals surface area contributed by atoms with Crippen LogP contribution in [0.4, 0.5) is 0 Å². The standard InChI is InChI=1S/C25H32N8/c1-3-5-7-9-23-27-24(33(30-23)16-8-6-4-2)17-19-10-12-20(13-11-19)21-14-15-26-18-22(21)25-28-31-32-29-25/h10-15,18H,3-9,16-17H2,1-2H3,(H,28,29,31,32). The number of tetrazole rings is 1. The highest BCUT2D eigenvalue weighted by molar-refractivity contribution is 5.79. The molecule has 3 aromatic heterocycles. The zero-order valence-electron chi connectivity index (χ0n) is 19.5. The van der Waals surface area contributed by atoms with E-state index in [9.17, 15) is 0 Å². The van der Waals surface area contributed by atoms with Gasteiger partial charge in [-0.15, -0.1) is 10.2 Å². The summed E-state index contributed by atoms with van der Waals surface area (Å²) >= 11 is 0. The van der Waals surface area contributed by atoms with Crippen LogP contribution < -0.4 is 0 Å². The summed E-state index contributed by atoms with van der Waals surface area (Å²) in [6.07, 6.45) is 12.4. The van der Waals surface area contributed by atoms with Gasteiger partial charge in [-0.25, -0.2) is 9.67 Å². The van der Waals surface area contributed by atoms with Gasteiger partial charge in [0, 0.05) is 37.3 Å². The number of pyridine rings is 1. The zero-order chi connectivity index (χ0) is 22.9. The number of aromatic nitrogens is 8. The van der Waals surface area contributed by atoms with E-state index in [1.165, 1.54) is 31.2 Å². The average Bonchev–Trinajstić information content (AvgIpc) is 3.51. The van der Waals surface area contributed by atoms with E-state index in [4.69, 9.17) is 10.1 Å². The Kier molecular flexibility index (Phi) is 7.90. The van der Waals surface area contributed by atoms with Crippen LogP contribution >= 0.6 is 0 Å². The van der Waals surface area contributed by atoms with E-state index in [-0.39, 0.29) is 0 Å². The smallest absolute Gasteiger partial charge is 0.206 e. The topological polar surface area (TPSA) is 98.1 Å². The van der Waals surface area contributed by atoms with Crippen molar-refractivity contribution >= 4 is 0 Å². The Morgan fingerprint density at radius 1 is 0.909 bits per heavy atom. The van der Waals surface area contributed by atoms with Crippen molar-refractivity contribution < 1.29 is 0 Å². The number of aromatic amines is 1. The molecule has 0 amide bonds. The molecule has 8 nitrogen and oxygen atoms in total. The lowest BCUT2D eigenvalue weighted by molar-refractivity contribution is 0.530. The third kappa shape index (κ3) is 5.88. The van der Waals surface area contributed by atoms with Crippen molar-refractivity contribution in [1.29, 1.82) is 0 Å². The molecule has 33 heavy (non-hydrogen) atoms. The van der Waals surface area contributed by atoms with E-state index >= 15 is 0 Å². The predicted octanol–water partition coefficient (Wildman–Crippen LogP) is 5.03. The number of benzene rings is 1. The second kappa shape index (κ2) is 11.4. The molecule has 0 spiro atoms. The van der Waals surface area contributed by atoms with Gasteiger partial charge in [0.15, 0.2) is 5.82 Å². The first-order chi connectivity index (χ1) is 16.3. The molecule has 0 aliphatic heterocycles. The molecule has 3 heterocycles. The minimum atomic E-state index is 0.540. The number of aryl methyl sites for hydroxylation is 2. The maximum absolute atomic E-state index is 4.90. The third-order valence-electron chi connectivity index (χ3n) is 5.80. The van der Waals surface area contributed by atoms with E-state index in [1.807, 2.05) is 6.07 Å². The first-order valence-corrected chi connectivity index (χ1v) is 12.0. The quantitative estimate of drug-likeness (QED) is 0.308. The molecule has 0 aliphatic rings. The molecule has 172 valence electrons. The van der Waals surface area contributed by atoms with Crippen LogP contribution in [0.2, 0.25) is 0 Å². The molecule has 1 N–H and O–H groups in total. The zero-order valence-corrected chi connectivity index (χ0v) is 19.5. The molecule has 0 fully saturated rings. The van der Waals surface area contributed by atoms with E-state index in [0.717, 1.165) is 60.6 Å². The van der Waals surface area contributed by atoms with Crippen LogP contribution in [0.1, 0.15) is 69.6 Å². The predicted molar refractivity (Wildman–Crippen MR) is 128 cm³/mol. The van der Waals surface area contributed by atoms with Crippen LogP contribution in [-0.4, -0.2) is 40.4 Å². The molecule has 0 saturated heterocycles. The highest BCUT2D eigenvalue weighted by Crippen LogP contribution is 2.29. The van der Waals surface area contributed by atoms with E-state index in [2.05, 4.69) is 68.4 Å². The Hall–Kier alpha value is -3.42. The lowest BCUT2D eigenvalue weighted by Crippen LogP contribution is -2.07. The molecule has 0 aliphatic carbocycles. The number of hydrogen-bond donors (Lipinski definition) is 1. The second-order valence-electron chi connectivity index (χ2n) is 8.36. The van der Waals surface area contributed by atoms with Gasteiger partial charge in [-0.05, 0) is 40.8 Å². The Bertz CT molecular complexity index is 1120. The highest BCUT2D eigenvalue weighted by atomic mass is 15.5. The van der Waals surface area contributed by atoms with Crippen molar-refractivity contribution in [2.24, 2.45) is 0 Å². The van der Waals surface area contributed by atoms with Gasteiger partial charge in [0.1, 0.15) is 5.82 Å². The largest absolute Gasteiger partial charge is 0.264 e. The Morgan fingerprint density at radius 3 is 2.48 bits per heavy atom. The fourth-order valence-electron chi connectivity index (χ4n) is 3.97. The number of H-pyrrole nitrogens is 1. The summed E-state index contributed by atoms with van der Waals surface area (Å²) in [5, 5.41) is 19.2. The van der Waals surface area contributed by atoms with Crippen LogP contribution in [-0.2, 0) is 19.4 Å². The summed E-state index contributed by atoms with van der Waals surface area (Å²) in [5.41, 5.74) is 4.19. The lowest BCUT2D eigenvalue weighted by Gasteiger charge is -2.08. The lowest BCUT2D eigenvalue weighted by atomic mass is 9.99. The monoisotopic (exact) mass is 444 g/mol.